The molecule has 0 bridgehead atoms. The monoisotopic (exact) mass is 251 g/mol. The van der Waals surface area contributed by atoms with Crippen LogP contribution in [0, 0.1) is 5.92 Å². The second kappa shape index (κ2) is 7.18. The third kappa shape index (κ3) is 4.89. The molecule has 102 valence electrons. The highest BCUT2D eigenvalue weighted by Crippen LogP contribution is 2.15. The van der Waals surface area contributed by atoms with Gasteiger partial charge in [0, 0.05) is 19.6 Å². The highest BCUT2D eigenvalue weighted by Gasteiger charge is 2.10. The first-order valence-electron chi connectivity index (χ1n) is 6.36. The normalized spacial score (nSPS) is 11.1. The maximum Gasteiger partial charge on any atom is 0.142 e. The smallest absolute Gasteiger partial charge is 0.142 e. The van der Waals surface area contributed by atoms with Crippen molar-refractivity contribution in [3.05, 3.63) is 18.2 Å². The molecule has 0 spiro atoms. The molecule has 0 aliphatic carbocycles. The molecule has 0 aliphatic heterocycles. The van der Waals surface area contributed by atoms with E-state index in [4.69, 9.17) is 5.84 Å². The third-order valence-corrected chi connectivity index (χ3v) is 2.61. The number of likely N-dealkylation sites (N-methyl/N-ethyl adjacent to an activating group) is 1. The van der Waals surface area contributed by atoms with Crippen molar-refractivity contribution >= 4 is 11.6 Å². The van der Waals surface area contributed by atoms with Crippen molar-refractivity contribution in [2.45, 2.75) is 13.8 Å². The zero-order chi connectivity index (χ0) is 13.5. The SMILES string of the molecule is CC(C)CN(CCN(C)C)c1cccc(NN)n1. The van der Waals surface area contributed by atoms with E-state index in [9.17, 15) is 0 Å². The highest BCUT2D eigenvalue weighted by atomic mass is 15.3. The van der Waals surface area contributed by atoms with Gasteiger partial charge in [-0.3, -0.25) is 0 Å². The predicted molar refractivity (Wildman–Crippen MR) is 77.7 cm³/mol. The number of hydrazine groups is 1. The Morgan fingerprint density at radius 3 is 2.56 bits per heavy atom. The van der Waals surface area contributed by atoms with Gasteiger partial charge >= 0.3 is 0 Å². The van der Waals surface area contributed by atoms with E-state index < -0.39 is 0 Å². The lowest BCUT2D eigenvalue weighted by Gasteiger charge is -2.27. The number of nitrogens with zero attached hydrogens (tertiary/aromatic N) is 3. The summed E-state index contributed by atoms with van der Waals surface area (Å²) in [7, 11) is 4.16. The molecule has 5 nitrogen and oxygen atoms in total. The quantitative estimate of drug-likeness (QED) is 0.566. The van der Waals surface area contributed by atoms with Gasteiger partial charge in [-0.05, 0) is 32.1 Å². The van der Waals surface area contributed by atoms with Crippen LogP contribution in [-0.2, 0) is 0 Å². The summed E-state index contributed by atoms with van der Waals surface area (Å²) in [4.78, 5) is 8.97. The Morgan fingerprint density at radius 1 is 1.28 bits per heavy atom. The Morgan fingerprint density at radius 2 is 2.00 bits per heavy atom. The number of nitrogens with two attached hydrogens (primary N) is 1. The minimum Gasteiger partial charge on any atom is -0.355 e. The largest absolute Gasteiger partial charge is 0.355 e. The van der Waals surface area contributed by atoms with Crippen LogP contribution >= 0.6 is 0 Å². The maximum atomic E-state index is 5.40. The lowest BCUT2D eigenvalue weighted by molar-refractivity contribution is 0.408. The number of rotatable bonds is 7. The molecule has 0 atom stereocenters. The standard InChI is InChI=1S/C13H25N5/c1-11(2)10-18(9-8-17(3)4)13-7-5-6-12(15-13)16-14/h5-7,11H,8-10,14H2,1-4H3,(H,15,16). The second-order valence-electron chi connectivity index (χ2n) is 5.17. The van der Waals surface area contributed by atoms with E-state index in [1.807, 2.05) is 18.2 Å². The fourth-order valence-corrected chi connectivity index (χ4v) is 1.74. The fourth-order valence-electron chi connectivity index (χ4n) is 1.74. The van der Waals surface area contributed by atoms with Crippen molar-refractivity contribution in [3.8, 4) is 0 Å². The zero-order valence-corrected chi connectivity index (χ0v) is 11.8. The van der Waals surface area contributed by atoms with Gasteiger partial charge in [0.15, 0.2) is 0 Å². The third-order valence-electron chi connectivity index (χ3n) is 2.61. The van der Waals surface area contributed by atoms with Crippen molar-refractivity contribution in [1.29, 1.82) is 0 Å². The van der Waals surface area contributed by atoms with Crippen LogP contribution in [0.4, 0.5) is 11.6 Å². The summed E-state index contributed by atoms with van der Waals surface area (Å²) in [6.45, 7) is 7.40. The minimum atomic E-state index is 0.600. The van der Waals surface area contributed by atoms with Crippen LogP contribution in [0.2, 0.25) is 0 Å². The summed E-state index contributed by atoms with van der Waals surface area (Å²) in [6.07, 6.45) is 0. The van der Waals surface area contributed by atoms with E-state index >= 15 is 0 Å². The molecule has 0 saturated carbocycles. The Labute approximate surface area is 110 Å². The summed E-state index contributed by atoms with van der Waals surface area (Å²) in [5.74, 6) is 7.68. The molecule has 0 aliphatic rings. The molecule has 0 amide bonds. The van der Waals surface area contributed by atoms with Gasteiger partial charge in [-0.15, -0.1) is 0 Å². The van der Waals surface area contributed by atoms with Crippen LogP contribution in [0.1, 0.15) is 13.8 Å². The van der Waals surface area contributed by atoms with Crippen molar-refractivity contribution < 1.29 is 0 Å². The van der Waals surface area contributed by atoms with Crippen molar-refractivity contribution in [2.24, 2.45) is 11.8 Å². The molecule has 1 rings (SSSR count). The van der Waals surface area contributed by atoms with Gasteiger partial charge in [-0.25, -0.2) is 10.8 Å². The number of pyridine rings is 1. The highest BCUT2D eigenvalue weighted by molar-refractivity contribution is 5.46. The first-order chi connectivity index (χ1) is 8.52. The van der Waals surface area contributed by atoms with Gasteiger partial charge in [-0.1, -0.05) is 19.9 Å². The topological polar surface area (TPSA) is 57.4 Å². The van der Waals surface area contributed by atoms with E-state index in [0.717, 1.165) is 25.5 Å². The average Bonchev–Trinajstić information content (AvgIpc) is 2.34. The Hall–Kier alpha value is -1.33. The molecule has 0 unspecified atom stereocenters. The zero-order valence-electron chi connectivity index (χ0n) is 11.8. The Balaban J connectivity index is 2.79. The predicted octanol–water partition coefficient (Wildman–Crippen LogP) is 1.39. The lowest BCUT2D eigenvalue weighted by Crippen LogP contribution is -2.35. The number of nitrogen functional groups attached to an aromatic ring is 1. The van der Waals surface area contributed by atoms with E-state index in [-0.39, 0.29) is 0 Å². The summed E-state index contributed by atoms with van der Waals surface area (Å²) in [5.41, 5.74) is 2.59. The molecule has 0 fully saturated rings. The molecule has 3 N–H and O–H groups in total. The molecule has 5 heteroatoms. The summed E-state index contributed by atoms with van der Waals surface area (Å²) in [5, 5.41) is 0. The Kier molecular flexibility index (Phi) is 5.88. The van der Waals surface area contributed by atoms with Gasteiger partial charge in [0.05, 0.1) is 0 Å². The molecular weight excluding hydrogens is 226 g/mol. The molecule has 0 radical (unpaired) electrons. The molecule has 0 saturated heterocycles. The van der Waals surface area contributed by atoms with Crippen LogP contribution in [-0.4, -0.2) is 43.6 Å². The lowest BCUT2D eigenvalue weighted by atomic mass is 10.2. The van der Waals surface area contributed by atoms with Crippen LogP contribution in [0.5, 0.6) is 0 Å². The molecule has 1 heterocycles. The number of aromatic nitrogens is 1. The van der Waals surface area contributed by atoms with E-state index in [2.05, 4.69) is 48.2 Å². The van der Waals surface area contributed by atoms with Crippen molar-refractivity contribution in [2.75, 3.05) is 44.1 Å². The van der Waals surface area contributed by atoms with E-state index in [0.29, 0.717) is 11.7 Å². The number of nitrogens with one attached hydrogen (secondary N) is 1. The van der Waals surface area contributed by atoms with Crippen molar-refractivity contribution in [3.63, 3.8) is 0 Å². The van der Waals surface area contributed by atoms with Crippen molar-refractivity contribution in [1.82, 2.24) is 9.88 Å². The summed E-state index contributed by atoms with van der Waals surface area (Å²) in [6, 6.07) is 5.86. The molecule has 1 aromatic heterocycles. The van der Waals surface area contributed by atoms with Gasteiger partial charge < -0.3 is 15.2 Å². The van der Waals surface area contributed by atoms with E-state index in [1.54, 1.807) is 0 Å². The van der Waals surface area contributed by atoms with E-state index in [1.165, 1.54) is 0 Å². The minimum absolute atomic E-state index is 0.600. The van der Waals surface area contributed by atoms with Gasteiger partial charge in [-0.2, -0.15) is 0 Å². The number of anilines is 2. The van der Waals surface area contributed by atoms with Crippen LogP contribution < -0.4 is 16.2 Å². The van der Waals surface area contributed by atoms with Crippen LogP contribution in [0.25, 0.3) is 0 Å². The summed E-state index contributed by atoms with van der Waals surface area (Å²) >= 11 is 0. The van der Waals surface area contributed by atoms with Gasteiger partial charge in [0.2, 0.25) is 0 Å². The summed E-state index contributed by atoms with van der Waals surface area (Å²) < 4.78 is 0. The molecular formula is C13H25N5. The Bertz CT molecular complexity index is 351. The van der Waals surface area contributed by atoms with Crippen LogP contribution in [0.3, 0.4) is 0 Å². The first-order valence-corrected chi connectivity index (χ1v) is 6.36. The number of hydrogen-bond acceptors (Lipinski definition) is 5. The fraction of sp³-hybridized carbons (Fsp3) is 0.615. The molecule has 0 aromatic carbocycles. The second-order valence-corrected chi connectivity index (χ2v) is 5.17. The van der Waals surface area contributed by atoms with Crippen LogP contribution in [0.15, 0.2) is 18.2 Å². The first kappa shape index (κ1) is 14.7. The molecule has 1 aromatic rings. The average molecular weight is 251 g/mol. The van der Waals surface area contributed by atoms with Gasteiger partial charge in [0.25, 0.3) is 0 Å². The maximum absolute atomic E-state index is 5.40. The van der Waals surface area contributed by atoms with Gasteiger partial charge in [0.1, 0.15) is 11.6 Å². The number of hydrogen-bond donors (Lipinski definition) is 2. The molecule has 18 heavy (non-hydrogen) atoms.